The van der Waals surface area contributed by atoms with Gasteiger partial charge in [0.2, 0.25) is 0 Å². The zero-order chi connectivity index (χ0) is 19.4. The molecule has 0 atom stereocenters. The lowest BCUT2D eigenvalue weighted by molar-refractivity contribution is -0.385. The van der Waals surface area contributed by atoms with Gasteiger partial charge in [-0.25, -0.2) is 14.6 Å². The molecule has 1 N–H and O–H groups in total. The van der Waals surface area contributed by atoms with Crippen molar-refractivity contribution in [2.75, 3.05) is 11.9 Å². The average Bonchev–Trinajstić information content (AvgIpc) is 2.99. The maximum atomic E-state index is 12.3. The van der Waals surface area contributed by atoms with Crippen molar-refractivity contribution >= 4 is 23.2 Å². The predicted octanol–water partition coefficient (Wildman–Crippen LogP) is 2.65. The van der Waals surface area contributed by atoms with Gasteiger partial charge in [-0.2, -0.15) is 0 Å². The summed E-state index contributed by atoms with van der Waals surface area (Å²) in [6.45, 7) is 1.68. The highest BCUT2D eigenvalue weighted by molar-refractivity contribution is 5.95. The summed E-state index contributed by atoms with van der Waals surface area (Å²) in [5.74, 6) is -0.775. The molecule has 0 aliphatic heterocycles. The van der Waals surface area contributed by atoms with Crippen LogP contribution in [0.15, 0.2) is 58.0 Å². The quantitative estimate of drug-likeness (QED) is 0.398. The van der Waals surface area contributed by atoms with Crippen LogP contribution in [-0.4, -0.2) is 27.2 Å². The normalized spacial score (nSPS) is 10.4. The highest BCUT2D eigenvalue weighted by atomic mass is 16.6. The Morgan fingerprint density at radius 2 is 2.04 bits per heavy atom. The number of hydrogen-bond donors (Lipinski definition) is 1. The smallest absolute Gasteiger partial charge is 0.374 e. The van der Waals surface area contributed by atoms with Crippen LogP contribution in [0, 0.1) is 10.1 Å². The van der Waals surface area contributed by atoms with E-state index in [2.05, 4.69) is 10.3 Å². The molecule has 0 saturated heterocycles. The van der Waals surface area contributed by atoms with Crippen LogP contribution in [0.25, 0.3) is 5.82 Å². The number of nitrogens with one attached hydrogen (secondary N) is 1. The van der Waals surface area contributed by atoms with E-state index in [1.54, 1.807) is 37.3 Å². The van der Waals surface area contributed by atoms with Gasteiger partial charge in [-0.05, 0) is 25.1 Å². The second-order valence-electron chi connectivity index (χ2n) is 5.24. The Labute approximate surface area is 152 Å². The van der Waals surface area contributed by atoms with Gasteiger partial charge in [0.15, 0.2) is 17.2 Å². The maximum absolute atomic E-state index is 12.3. The minimum atomic E-state index is -0.924. The summed E-state index contributed by atoms with van der Waals surface area (Å²) in [6, 6.07) is 11.3. The monoisotopic (exact) mass is 370 g/mol. The van der Waals surface area contributed by atoms with Gasteiger partial charge in [-0.1, -0.05) is 18.2 Å². The van der Waals surface area contributed by atoms with Crippen LogP contribution in [0.4, 0.5) is 17.2 Å². The van der Waals surface area contributed by atoms with Gasteiger partial charge in [-0.3, -0.25) is 10.1 Å². The molecule has 0 unspecified atom stereocenters. The largest absolute Gasteiger partial charge is 0.462 e. The molecule has 3 rings (SSSR count). The van der Waals surface area contributed by atoms with Crippen molar-refractivity contribution in [3.8, 4) is 5.82 Å². The molecular weight excluding hydrogens is 356 g/mol. The van der Waals surface area contributed by atoms with E-state index in [1.807, 2.05) is 0 Å². The molecule has 10 nitrogen and oxygen atoms in total. The fraction of sp³-hybridized carbons (Fsp3) is 0.118. The number of anilines is 2. The zero-order valence-corrected chi connectivity index (χ0v) is 14.1. The first-order chi connectivity index (χ1) is 13.0. The van der Waals surface area contributed by atoms with Crippen molar-refractivity contribution in [1.82, 2.24) is 9.72 Å². The minimum Gasteiger partial charge on any atom is -0.462 e. The Morgan fingerprint density at radius 1 is 1.30 bits per heavy atom. The van der Waals surface area contributed by atoms with Crippen LogP contribution in [0.2, 0.25) is 0 Å². The molecule has 3 aromatic rings. The number of pyridine rings is 1. The van der Waals surface area contributed by atoms with E-state index >= 15 is 0 Å². The summed E-state index contributed by atoms with van der Waals surface area (Å²) < 4.78 is 11.1. The summed E-state index contributed by atoms with van der Waals surface area (Å²) in [7, 11) is 0. The SMILES string of the molecule is CCOC(=O)c1c(Nc2ccccc2)n(-c2ccc([N+](=O)[O-])cn2)oc1=O. The van der Waals surface area contributed by atoms with E-state index in [9.17, 15) is 19.7 Å². The summed E-state index contributed by atoms with van der Waals surface area (Å²) in [5, 5.41) is 13.7. The Morgan fingerprint density at radius 3 is 2.63 bits per heavy atom. The molecule has 0 fully saturated rings. The van der Waals surface area contributed by atoms with E-state index in [1.165, 1.54) is 12.1 Å². The first-order valence-corrected chi connectivity index (χ1v) is 7.87. The van der Waals surface area contributed by atoms with Crippen molar-refractivity contribution < 1.29 is 19.0 Å². The Balaban J connectivity index is 2.12. The number of hydrogen-bond acceptors (Lipinski definition) is 8. The molecule has 0 aliphatic carbocycles. The maximum Gasteiger partial charge on any atom is 0.374 e. The van der Waals surface area contributed by atoms with Crippen molar-refractivity contribution in [1.29, 1.82) is 0 Å². The lowest BCUT2D eigenvalue weighted by atomic mass is 10.3. The molecule has 27 heavy (non-hydrogen) atoms. The molecule has 138 valence electrons. The van der Waals surface area contributed by atoms with Gasteiger partial charge < -0.3 is 14.6 Å². The van der Waals surface area contributed by atoms with E-state index in [-0.39, 0.29) is 29.5 Å². The van der Waals surface area contributed by atoms with Crippen molar-refractivity contribution in [3.05, 3.63) is 74.8 Å². The van der Waals surface area contributed by atoms with Crippen molar-refractivity contribution in [3.63, 3.8) is 0 Å². The second kappa shape index (κ2) is 7.52. The predicted molar refractivity (Wildman–Crippen MR) is 94.4 cm³/mol. The highest BCUT2D eigenvalue weighted by Gasteiger charge is 2.27. The topological polar surface area (TPSA) is 130 Å². The third-order valence-corrected chi connectivity index (χ3v) is 3.49. The second-order valence-corrected chi connectivity index (χ2v) is 5.24. The summed E-state index contributed by atoms with van der Waals surface area (Å²) in [5.41, 5.74) is -0.899. The average molecular weight is 370 g/mol. The number of nitro groups is 1. The summed E-state index contributed by atoms with van der Waals surface area (Å²) in [4.78, 5) is 38.6. The Kier molecular flexibility index (Phi) is 4.97. The van der Waals surface area contributed by atoms with Crippen LogP contribution < -0.4 is 10.9 Å². The van der Waals surface area contributed by atoms with Crippen LogP contribution >= 0.6 is 0 Å². The molecule has 0 amide bonds. The summed E-state index contributed by atoms with van der Waals surface area (Å²) in [6.07, 6.45) is 1.02. The van der Waals surface area contributed by atoms with E-state index in [0.29, 0.717) is 5.69 Å². The first-order valence-electron chi connectivity index (χ1n) is 7.87. The molecule has 0 spiro atoms. The van der Waals surface area contributed by atoms with Gasteiger partial charge in [0.05, 0.1) is 11.5 Å². The van der Waals surface area contributed by atoms with Crippen LogP contribution in [0.5, 0.6) is 0 Å². The summed E-state index contributed by atoms with van der Waals surface area (Å²) >= 11 is 0. The molecule has 0 radical (unpaired) electrons. The Hall–Kier alpha value is -3.95. The van der Waals surface area contributed by atoms with Crippen molar-refractivity contribution in [2.45, 2.75) is 6.92 Å². The number of aromatic nitrogens is 2. The molecule has 2 aromatic heterocycles. The van der Waals surface area contributed by atoms with E-state index in [4.69, 9.17) is 9.26 Å². The highest BCUT2D eigenvalue weighted by Crippen LogP contribution is 2.24. The van der Waals surface area contributed by atoms with Gasteiger partial charge in [0.1, 0.15) is 6.20 Å². The number of carbonyl (C=O) groups is 1. The van der Waals surface area contributed by atoms with E-state index < -0.39 is 16.5 Å². The number of rotatable bonds is 6. The fourth-order valence-corrected chi connectivity index (χ4v) is 2.29. The molecule has 0 aliphatic rings. The van der Waals surface area contributed by atoms with Gasteiger partial charge >= 0.3 is 11.6 Å². The van der Waals surface area contributed by atoms with Crippen LogP contribution in [-0.2, 0) is 4.74 Å². The van der Waals surface area contributed by atoms with Crippen LogP contribution in [0.1, 0.15) is 17.3 Å². The molecule has 0 bridgehead atoms. The lowest BCUT2D eigenvalue weighted by Crippen LogP contribution is -2.15. The number of para-hydroxylation sites is 1. The molecule has 1 aromatic carbocycles. The van der Waals surface area contributed by atoms with Gasteiger partial charge in [0.25, 0.3) is 5.69 Å². The number of benzene rings is 1. The third kappa shape index (κ3) is 3.68. The minimum absolute atomic E-state index is 0.00556. The molecule has 0 saturated carbocycles. The molecular formula is C17H14N4O6. The number of nitrogens with zero attached hydrogens (tertiary/aromatic N) is 3. The van der Waals surface area contributed by atoms with Crippen LogP contribution in [0.3, 0.4) is 0 Å². The van der Waals surface area contributed by atoms with Gasteiger partial charge in [-0.15, -0.1) is 4.74 Å². The zero-order valence-electron chi connectivity index (χ0n) is 14.1. The first kappa shape index (κ1) is 17.9. The number of esters is 1. The van der Waals surface area contributed by atoms with Crippen molar-refractivity contribution in [2.24, 2.45) is 0 Å². The fourth-order valence-electron chi connectivity index (χ4n) is 2.29. The van der Waals surface area contributed by atoms with E-state index in [0.717, 1.165) is 10.9 Å². The third-order valence-electron chi connectivity index (χ3n) is 3.49. The standard InChI is InChI=1S/C17H14N4O6/c1-2-26-16(22)14-15(19-11-6-4-3-5-7-11)20(27-17(14)23)13-9-8-12(10-18-13)21(24)25/h3-10,19H,2H2,1H3. The molecule has 2 heterocycles. The number of ether oxygens (including phenoxy) is 1. The lowest BCUT2D eigenvalue weighted by Gasteiger charge is -2.09. The number of carbonyl (C=O) groups excluding carboxylic acids is 1. The van der Waals surface area contributed by atoms with Gasteiger partial charge in [0, 0.05) is 11.8 Å². The Bertz CT molecular complexity index is 1020. The molecule has 10 heteroatoms.